The fraction of sp³-hybridized carbons (Fsp3) is 0.455. The highest BCUT2D eigenvalue weighted by Gasteiger charge is 2.42. The smallest absolute Gasteiger partial charge is 0.241 e. The Kier molecular flexibility index (Phi) is 4.03. The predicted molar refractivity (Wildman–Crippen MR) is 66.5 cm³/mol. The Labute approximate surface area is 110 Å². The highest BCUT2D eigenvalue weighted by atomic mass is 16.2. The van der Waals surface area contributed by atoms with Crippen LogP contribution in [0.3, 0.4) is 0 Å². The molecule has 0 aromatic carbocycles. The molecule has 1 aromatic rings. The van der Waals surface area contributed by atoms with Crippen molar-refractivity contribution in [3.8, 4) is 0 Å². The molecule has 0 radical (unpaired) electrons. The maximum atomic E-state index is 12.0. The summed E-state index contributed by atoms with van der Waals surface area (Å²) in [5.41, 5.74) is 2.11. The van der Waals surface area contributed by atoms with Gasteiger partial charge in [-0.05, 0) is 19.0 Å². The molecule has 0 saturated carbocycles. The van der Waals surface area contributed by atoms with E-state index in [1.807, 2.05) is 0 Å². The Morgan fingerprint density at radius 2 is 2.37 bits per heavy atom. The number of rotatable bonds is 4. The van der Waals surface area contributed by atoms with Crippen LogP contribution in [0.1, 0.15) is 12.5 Å². The molecule has 4 N–H and O–H groups in total. The topological polar surface area (TPSA) is 115 Å². The van der Waals surface area contributed by atoms with Gasteiger partial charge in [-0.15, -0.1) is 5.10 Å². The molecule has 102 valence electrons. The van der Waals surface area contributed by atoms with Crippen molar-refractivity contribution in [2.45, 2.75) is 18.5 Å². The number of hydrogen-bond donors (Lipinski definition) is 3. The van der Waals surface area contributed by atoms with Crippen molar-refractivity contribution < 1.29 is 9.59 Å². The van der Waals surface area contributed by atoms with Crippen molar-refractivity contribution in [3.63, 3.8) is 0 Å². The number of hydrogen-bond acceptors (Lipinski definition) is 6. The second-order valence-corrected chi connectivity index (χ2v) is 4.31. The fourth-order valence-corrected chi connectivity index (χ4v) is 2.43. The Morgan fingerprint density at radius 3 is 2.95 bits per heavy atom. The van der Waals surface area contributed by atoms with Gasteiger partial charge in [0.2, 0.25) is 5.91 Å². The molecule has 2 heterocycles. The van der Waals surface area contributed by atoms with Gasteiger partial charge >= 0.3 is 0 Å². The van der Waals surface area contributed by atoms with Gasteiger partial charge in [0.15, 0.2) is 5.78 Å². The molecule has 1 aliphatic rings. The van der Waals surface area contributed by atoms with Crippen molar-refractivity contribution in [2.75, 3.05) is 6.54 Å². The van der Waals surface area contributed by atoms with Crippen LogP contribution in [0.2, 0.25) is 0 Å². The van der Waals surface area contributed by atoms with Gasteiger partial charge in [-0.1, -0.05) is 11.8 Å². The summed E-state index contributed by atoms with van der Waals surface area (Å²) in [7, 11) is 0. The van der Waals surface area contributed by atoms with E-state index in [1.54, 1.807) is 10.9 Å². The van der Waals surface area contributed by atoms with Crippen LogP contribution in [0, 0.1) is 5.92 Å². The van der Waals surface area contributed by atoms with E-state index in [-0.39, 0.29) is 11.8 Å². The number of piperidine rings is 1. The Bertz CT molecular complexity index is 472. The van der Waals surface area contributed by atoms with E-state index in [0.29, 0.717) is 13.0 Å². The second-order valence-electron chi connectivity index (χ2n) is 4.31. The number of carbonyl (C=O) groups excluding carboxylic acids is 2. The molecule has 1 aliphatic heterocycles. The molecule has 1 amide bonds. The summed E-state index contributed by atoms with van der Waals surface area (Å²) in [6.07, 6.45) is 5.06. The summed E-state index contributed by atoms with van der Waals surface area (Å²) in [6.45, 7) is 4.06. The average molecular weight is 264 g/mol. The number of aromatic nitrogens is 3. The summed E-state index contributed by atoms with van der Waals surface area (Å²) >= 11 is 0. The zero-order chi connectivity index (χ0) is 13.8. The first-order valence-corrected chi connectivity index (χ1v) is 5.95. The van der Waals surface area contributed by atoms with Crippen molar-refractivity contribution in [2.24, 2.45) is 11.8 Å². The van der Waals surface area contributed by atoms with Gasteiger partial charge in [-0.3, -0.25) is 15.0 Å². The van der Waals surface area contributed by atoms with E-state index in [2.05, 4.69) is 27.6 Å². The van der Waals surface area contributed by atoms with Gasteiger partial charge < -0.3 is 5.32 Å². The molecule has 19 heavy (non-hydrogen) atoms. The molecular formula is C11H16N6O2. The lowest BCUT2D eigenvalue weighted by Gasteiger charge is -2.36. The third kappa shape index (κ3) is 2.54. The molecule has 3 atom stereocenters. The number of amides is 1. The first-order chi connectivity index (χ1) is 9.19. The molecule has 0 spiro atoms. The normalized spacial score (nSPS) is 26.7. The summed E-state index contributed by atoms with van der Waals surface area (Å²) in [4.78, 5) is 23.8. The van der Waals surface area contributed by atoms with E-state index < -0.39 is 17.9 Å². The minimum atomic E-state index is -0.649. The minimum absolute atomic E-state index is 0.238. The zero-order valence-electron chi connectivity index (χ0n) is 10.3. The van der Waals surface area contributed by atoms with E-state index in [4.69, 9.17) is 5.84 Å². The van der Waals surface area contributed by atoms with Crippen molar-refractivity contribution in [1.29, 1.82) is 0 Å². The molecule has 3 unspecified atom stereocenters. The van der Waals surface area contributed by atoms with Crippen LogP contribution in [-0.2, 0) is 9.59 Å². The summed E-state index contributed by atoms with van der Waals surface area (Å²) in [5.74, 6) is 3.92. The molecule has 1 fully saturated rings. The molecule has 0 bridgehead atoms. The number of nitrogens with two attached hydrogens (primary N) is 1. The van der Waals surface area contributed by atoms with Gasteiger partial charge in [0, 0.05) is 6.20 Å². The van der Waals surface area contributed by atoms with E-state index in [1.165, 1.54) is 12.3 Å². The largest absolute Gasteiger partial charge is 0.306 e. The van der Waals surface area contributed by atoms with Gasteiger partial charge in [0.05, 0.1) is 24.2 Å². The second kappa shape index (κ2) is 5.72. The van der Waals surface area contributed by atoms with Crippen LogP contribution in [0.15, 0.2) is 25.0 Å². The lowest BCUT2D eigenvalue weighted by molar-refractivity contribution is -0.133. The lowest BCUT2D eigenvalue weighted by atomic mass is 9.83. The van der Waals surface area contributed by atoms with E-state index in [0.717, 1.165) is 0 Å². The van der Waals surface area contributed by atoms with Gasteiger partial charge in [-0.25, -0.2) is 10.5 Å². The monoisotopic (exact) mass is 264 g/mol. The predicted octanol–water partition coefficient (Wildman–Crippen LogP) is -1.46. The molecule has 0 aliphatic carbocycles. The Balaban J connectivity index is 2.33. The maximum absolute atomic E-state index is 12.0. The Morgan fingerprint density at radius 1 is 1.58 bits per heavy atom. The van der Waals surface area contributed by atoms with Crippen LogP contribution in [0.4, 0.5) is 0 Å². The van der Waals surface area contributed by atoms with Crippen LogP contribution in [0.25, 0.3) is 0 Å². The molecule has 2 rings (SSSR count). The van der Waals surface area contributed by atoms with Crippen molar-refractivity contribution in [1.82, 2.24) is 25.7 Å². The maximum Gasteiger partial charge on any atom is 0.241 e. The number of carbonyl (C=O) groups is 2. The first-order valence-electron chi connectivity index (χ1n) is 5.95. The first kappa shape index (κ1) is 13.4. The molecule has 1 aromatic heterocycles. The number of nitrogens with zero attached hydrogens (tertiary/aromatic N) is 3. The van der Waals surface area contributed by atoms with Crippen LogP contribution < -0.4 is 16.6 Å². The number of ketones is 1. The number of hydrazine groups is 1. The SMILES string of the molecule is C=CC(=O)C1NCCC(n2ccnn2)C1C(=O)NN. The van der Waals surface area contributed by atoms with Crippen LogP contribution in [0.5, 0.6) is 0 Å². The highest BCUT2D eigenvalue weighted by Crippen LogP contribution is 2.28. The quantitative estimate of drug-likeness (QED) is 0.265. The molecule has 8 heteroatoms. The van der Waals surface area contributed by atoms with E-state index >= 15 is 0 Å². The molecule has 1 saturated heterocycles. The number of nitrogens with one attached hydrogen (secondary N) is 2. The summed E-state index contributed by atoms with van der Waals surface area (Å²) in [6, 6.07) is -0.912. The average Bonchev–Trinajstić information content (AvgIpc) is 2.98. The summed E-state index contributed by atoms with van der Waals surface area (Å²) in [5, 5.41) is 10.7. The van der Waals surface area contributed by atoms with Crippen LogP contribution >= 0.6 is 0 Å². The third-order valence-corrected chi connectivity index (χ3v) is 3.31. The van der Waals surface area contributed by atoms with E-state index in [9.17, 15) is 9.59 Å². The highest BCUT2D eigenvalue weighted by molar-refractivity contribution is 5.98. The third-order valence-electron chi connectivity index (χ3n) is 3.31. The molecule has 8 nitrogen and oxygen atoms in total. The summed E-state index contributed by atoms with van der Waals surface area (Å²) < 4.78 is 1.59. The lowest BCUT2D eigenvalue weighted by Crippen LogP contribution is -2.57. The zero-order valence-corrected chi connectivity index (χ0v) is 10.3. The minimum Gasteiger partial charge on any atom is -0.306 e. The Hall–Kier alpha value is -2.06. The van der Waals surface area contributed by atoms with Gasteiger partial charge in [0.25, 0.3) is 0 Å². The van der Waals surface area contributed by atoms with Crippen molar-refractivity contribution >= 4 is 11.7 Å². The van der Waals surface area contributed by atoms with Crippen molar-refractivity contribution in [3.05, 3.63) is 25.0 Å². The standard InChI is InChI=1S/C11H16N6O2/c1-2-8(18)10-9(11(19)15-12)7(3-4-13-10)17-6-5-14-16-17/h2,5-7,9-10,13H,1,3-4,12H2,(H,15,19). The van der Waals surface area contributed by atoms with Gasteiger partial charge in [0.1, 0.15) is 0 Å². The fourth-order valence-electron chi connectivity index (χ4n) is 2.43. The molecular weight excluding hydrogens is 248 g/mol. The van der Waals surface area contributed by atoms with Crippen LogP contribution in [-0.4, -0.2) is 39.3 Å². The van der Waals surface area contributed by atoms with Gasteiger partial charge in [-0.2, -0.15) is 0 Å².